The molecule has 134 valence electrons. The van der Waals surface area contributed by atoms with Crippen LogP contribution in [0.4, 0.5) is 5.69 Å². The lowest BCUT2D eigenvalue weighted by molar-refractivity contribution is 0.902. The molecule has 2 heterocycles. The van der Waals surface area contributed by atoms with Crippen LogP contribution in [0.3, 0.4) is 0 Å². The fraction of sp³-hybridized carbons (Fsp3) is 0.0400. The van der Waals surface area contributed by atoms with Gasteiger partial charge in [0.2, 0.25) is 0 Å². The van der Waals surface area contributed by atoms with Crippen molar-refractivity contribution >= 4 is 23.7 Å². The fourth-order valence-electron chi connectivity index (χ4n) is 3.61. The Morgan fingerprint density at radius 2 is 1.36 bits per heavy atom. The summed E-state index contributed by atoms with van der Waals surface area (Å²) in [6.07, 6.45) is 3.58. The molecule has 28 heavy (non-hydrogen) atoms. The van der Waals surface area contributed by atoms with Crippen LogP contribution < -0.4 is 0 Å². The zero-order valence-electron chi connectivity index (χ0n) is 15.2. The Labute approximate surface area is 169 Å². The molecule has 0 saturated carbocycles. The number of nitrogens with zero attached hydrogens (tertiary/aromatic N) is 2. The summed E-state index contributed by atoms with van der Waals surface area (Å²) in [6, 6.07) is 31.8. The second-order valence-electron chi connectivity index (χ2n) is 6.72. The number of fused-ring (bicyclic) bond motifs is 2. The largest absolute Gasteiger partial charge is 0.255 e. The van der Waals surface area contributed by atoms with Crippen LogP contribution in [0.1, 0.15) is 28.3 Å². The first-order valence-electron chi connectivity index (χ1n) is 9.29. The molecule has 4 aromatic rings. The Balaban J connectivity index is 1.51. The van der Waals surface area contributed by atoms with Gasteiger partial charge < -0.3 is 0 Å². The van der Waals surface area contributed by atoms with Crippen LogP contribution in [0.25, 0.3) is 0 Å². The van der Waals surface area contributed by atoms with E-state index in [0.29, 0.717) is 0 Å². The van der Waals surface area contributed by atoms with Crippen molar-refractivity contribution in [1.82, 2.24) is 4.98 Å². The Morgan fingerprint density at radius 3 is 2.00 bits per heavy atom. The van der Waals surface area contributed by atoms with Gasteiger partial charge in [-0.1, -0.05) is 66.4 Å². The maximum absolute atomic E-state index is 4.56. The molecule has 0 spiro atoms. The van der Waals surface area contributed by atoms with E-state index in [9.17, 15) is 0 Å². The maximum Gasteiger partial charge on any atom is 0.0812 e. The first-order valence-corrected chi connectivity index (χ1v) is 10.1. The lowest BCUT2D eigenvalue weighted by Crippen LogP contribution is -2.09. The van der Waals surface area contributed by atoms with Gasteiger partial charge in [0, 0.05) is 21.9 Å². The molecule has 0 amide bonds. The first-order chi connectivity index (χ1) is 13.9. The summed E-state index contributed by atoms with van der Waals surface area (Å²) in [6.45, 7) is 0. The smallest absolute Gasteiger partial charge is 0.0812 e. The van der Waals surface area contributed by atoms with Crippen molar-refractivity contribution in [2.24, 2.45) is 4.99 Å². The van der Waals surface area contributed by atoms with Gasteiger partial charge in [0.05, 0.1) is 17.6 Å². The third-order valence-corrected chi connectivity index (χ3v) is 6.12. The van der Waals surface area contributed by atoms with Crippen LogP contribution in [0.15, 0.2) is 112 Å². The molecule has 3 heteroatoms. The maximum atomic E-state index is 4.56. The highest BCUT2D eigenvalue weighted by Gasteiger charge is 2.26. The molecule has 0 aliphatic carbocycles. The normalized spacial score (nSPS) is 13.3. The van der Waals surface area contributed by atoms with E-state index in [0.717, 1.165) is 11.4 Å². The van der Waals surface area contributed by atoms with E-state index < -0.39 is 0 Å². The monoisotopic (exact) mass is 378 g/mol. The zero-order chi connectivity index (χ0) is 18.8. The molecule has 0 radical (unpaired) electrons. The van der Waals surface area contributed by atoms with E-state index in [1.165, 1.54) is 26.5 Å². The Hall–Kier alpha value is -3.17. The van der Waals surface area contributed by atoms with E-state index in [-0.39, 0.29) is 5.92 Å². The third kappa shape index (κ3) is 3.25. The van der Waals surface area contributed by atoms with Crippen LogP contribution in [0.5, 0.6) is 0 Å². The number of aromatic nitrogens is 1. The van der Waals surface area contributed by atoms with Crippen molar-refractivity contribution in [1.29, 1.82) is 0 Å². The molecule has 3 aromatic carbocycles. The van der Waals surface area contributed by atoms with Gasteiger partial charge in [-0.2, -0.15) is 0 Å². The molecule has 0 unspecified atom stereocenters. The van der Waals surface area contributed by atoms with Gasteiger partial charge in [0.1, 0.15) is 0 Å². The average Bonchev–Trinajstić information content (AvgIpc) is 2.77. The number of hydrogen-bond acceptors (Lipinski definition) is 3. The van der Waals surface area contributed by atoms with E-state index >= 15 is 0 Å². The van der Waals surface area contributed by atoms with Crippen LogP contribution in [-0.2, 0) is 0 Å². The molecular weight excluding hydrogens is 360 g/mol. The van der Waals surface area contributed by atoms with Gasteiger partial charge >= 0.3 is 0 Å². The quantitative estimate of drug-likeness (QED) is 0.336. The Morgan fingerprint density at radius 1 is 0.714 bits per heavy atom. The van der Waals surface area contributed by atoms with Crippen LogP contribution in [-0.4, -0.2) is 11.2 Å². The molecule has 0 saturated heterocycles. The molecule has 1 aromatic heterocycles. The summed E-state index contributed by atoms with van der Waals surface area (Å²) in [5, 5.41) is 0. The number of benzene rings is 3. The predicted octanol–water partition coefficient (Wildman–Crippen LogP) is 6.48. The topological polar surface area (TPSA) is 25.2 Å². The zero-order valence-corrected chi connectivity index (χ0v) is 16.0. The van der Waals surface area contributed by atoms with Crippen molar-refractivity contribution < 1.29 is 0 Å². The number of rotatable bonds is 3. The average molecular weight is 379 g/mol. The van der Waals surface area contributed by atoms with Crippen molar-refractivity contribution in [2.75, 3.05) is 0 Å². The van der Waals surface area contributed by atoms with Gasteiger partial charge in [-0.3, -0.25) is 9.98 Å². The van der Waals surface area contributed by atoms with Crippen molar-refractivity contribution in [3.63, 3.8) is 0 Å². The van der Waals surface area contributed by atoms with Crippen molar-refractivity contribution in [3.05, 3.63) is 120 Å². The molecule has 1 aliphatic rings. The highest BCUT2D eigenvalue weighted by molar-refractivity contribution is 7.99. The van der Waals surface area contributed by atoms with Gasteiger partial charge in [-0.15, -0.1) is 0 Å². The molecule has 0 bridgehead atoms. The van der Waals surface area contributed by atoms with Crippen molar-refractivity contribution in [3.8, 4) is 0 Å². The summed E-state index contributed by atoms with van der Waals surface area (Å²) >= 11 is 1.86. The highest BCUT2D eigenvalue weighted by Crippen LogP contribution is 2.48. The Kier molecular flexibility index (Phi) is 4.51. The van der Waals surface area contributed by atoms with Gasteiger partial charge in [0.25, 0.3) is 0 Å². The highest BCUT2D eigenvalue weighted by atomic mass is 32.2. The van der Waals surface area contributed by atoms with Crippen LogP contribution >= 0.6 is 11.8 Å². The summed E-state index contributed by atoms with van der Waals surface area (Å²) in [5.41, 5.74) is 5.82. The van der Waals surface area contributed by atoms with Crippen LogP contribution in [0.2, 0.25) is 0 Å². The van der Waals surface area contributed by atoms with E-state index in [2.05, 4.69) is 82.8 Å². The van der Waals surface area contributed by atoms with Crippen molar-refractivity contribution in [2.45, 2.75) is 15.7 Å². The minimum atomic E-state index is 0.252. The van der Waals surface area contributed by atoms with Gasteiger partial charge in [0.15, 0.2) is 0 Å². The number of aliphatic imine (C=N–C) groups is 1. The van der Waals surface area contributed by atoms with Gasteiger partial charge in [-0.05, 0) is 53.1 Å². The summed E-state index contributed by atoms with van der Waals surface area (Å²) in [4.78, 5) is 11.5. The lowest BCUT2D eigenvalue weighted by atomic mass is 9.84. The standard InChI is InChI=1S/C25H18N2S/c1-3-10-23-21(8-1)25(22-9-2-4-11-24(22)28-23)18-12-14-19(15-13-18)27-17-20-7-5-6-16-26-20/h1-17,25H. The summed E-state index contributed by atoms with van der Waals surface area (Å²) < 4.78 is 0. The molecule has 1 aliphatic heterocycles. The first kappa shape index (κ1) is 17.0. The Bertz CT molecular complexity index is 1090. The van der Waals surface area contributed by atoms with E-state index in [1.807, 2.05) is 30.0 Å². The summed E-state index contributed by atoms with van der Waals surface area (Å²) in [5.74, 6) is 0.252. The summed E-state index contributed by atoms with van der Waals surface area (Å²) in [7, 11) is 0. The SMILES string of the molecule is C(=Nc1ccc(C2c3ccccc3Sc3ccccc32)cc1)c1ccccn1. The molecule has 2 nitrogen and oxygen atoms in total. The van der Waals surface area contributed by atoms with E-state index in [1.54, 1.807) is 12.4 Å². The third-order valence-electron chi connectivity index (χ3n) is 4.94. The number of hydrogen-bond donors (Lipinski definition) is 0. The number of pyridine rings is 1. The molecule has 5 rings (SSSR count). The lowest BCUT2D eigenvalue weighted by Gasteiger charge is -2.28. The second kappa shape index (κ2) is 7.45. The molecule has 0 N–H and O–H groups in total. The predicted molar refractivity (Wildman–Crippen MR) is 116 cm³/mol. The van der Waals surface area contributed by atoms with Crippen LogP contribution in [0, 0.1) is 0 Å². The second-order valence-corrected chi connectivity index (χ2v) is 7.80. The molecule has 0 fully saturated rings. The molecular formula is C25H18N2S. The minimum absolute atomic E-state index is 0.252. The fourth-order valence-corrected chi connectivity index (χ4v) is 4.75. The van der Waals surface area contributed by atoms with Gasteiger partial charge in [-0.25, -0.2) is 0 Å². The minimum Gasteiger partial charge on any atom is -0.255 e. The van der Waals surface area contributed by atoms with E-state index in [4.69, 9.17) is 0 Å². The molecule has 0 atom stereocenters.